The first-order valence-corrected chi connectivity index (χ1v) is 5.50. The molecule has 0 atom stereocenters. The molecule has 15 heavy (non-hydrogen) atoms. The minimum absolute atomic E-state index is 0.0123. The van der Waals surface area contributed by atoms with Crippen LogP contribution < -0.4 is 9.77 Å². The minimum Gasteiger partial charge on any atom is -0.378 e. The summed E-state index contributed by atoms with van der Waals surface area (Å²) < 4.78 is 0. The molecule has 0 amide bonds. The molecule has 1 aromatic heterocycles. The predicted octanol–water partition coefficient (Wildman–Crippen LogP) is 2.17. The maximum absolute atomic E-state index is 11.0. The quantitative estimate of drug-likeness (QED) is 0.842. The Morgan fingerprint density at radius 2 is 1.87 bits per heavy atom. The average molecular weight is 220 g/mol. The van der Waals surface area contributed by atoms with E-state index in [1.165, 1.54) is 11.3 Å². The largest absolute Gasteiger partial charge is 0.378 e. The molecular weight excluding hydrogens is 208 g/mol. The van der Waals surface area contributed by atoms with Crippen molar-refractivity contribution in [3.05, 3.63) is 39.3 Å². The van der Waals surface area contributed by atoms with E-state index in [1.807, 2.05) is 48.6 Å². The normalized spacial score (nSPS) is 10.3. The number of aromatic nitrogens is 1. The number of rotatable bonds is 2. The van der Waals surface area contributed by atoms with Gasteiger partial charge in [0.2, 0.25) is 0 Å². The molecule has 2 aromatic rings. The van der Waals surface area contributed by atoms with E-state index in [0.717, 1.165) is 16.9 Å². The topological polar surface area (TPSA) is 36.1 Å². The lowest BCUT2D eigenvalue weighted by Gasteiger charge is -2.12. The molecule has 0 saturated heterocycles. The third-order valence-electron chi connectivity index (χ3n) is 2.22. The number of H-pyrrole nitrogens is 1. The molecule has 1 heterocycles. The Labute approximate surface area is 92.0 Å². The summed E-state index contributed by atoms with van der Waals surface area (Å²) in [4.78, 5) is 15.8. The zero-order valence-corrected chi connectivity index (χ0v) is 9.47. The van der Waals surface area contributed by atoms with Crippen molar-refractivity contribution in [2.24, 2.45) is 0 Å². The fourth-order valence-electron chi connectivity index (χ4n) is 1.36. The summed E-state index contributed by atoms with van der Waals surface area (Å²) in [6.07, 6.45) is 0. The van der Waals surface area contributed by atoms with Crippen LogP contribution in [0.2, 0.25) is 0 Å². The number of hydrogen-bond donors (Lipinski definition) is 1. The minimum atomic E-state index is -0.0123. The van der Waals surface area contributed by atoms with Gasteiger partial charge in [0.05, 0.1) is 5.69 Å². The zero-order chi connectivity index (χ0) is 10.8. The highest BCUT2D eigenvalue weighted by molar-refractivity contribution is 7.07. The number of aromatic amines is 1. The summed E-state index contributed by atoms with van der Waals surface area (Å²) in [5, 5.41) is 1.84. The molecule has 0 aliphatic carbocycles. The predicted molar refractivity (Wildman–Crippen MR) is 64.7 cm³/mol. The second-order valence-corrected chi connectivity index (χ2v) is 4.35. The first-order chi connectivity index (χ1) is 7.16. The monoisotopic (exact) mass is 220 g/mol. The second-order valence-electron chi connectivity index (χ2n) is 3.50. The van der Waals surface area contributed by atoms with Crippen molar-refractivity contribution in [3.8, 4) is 11.3 Å². The van der Waals surface area contributed by atoms with Crippen molar-refractivity contribution in [1.29, 1.82) is 0 Å². The van der Waals surface area contributed by atoms with Gasteiger partial charge in [0, 0.05) is 25.2 Å². The van der Waals surface area contributed by atoms with E-state index in [9.17, 15) is 4.79 Å². The third-order valence-corrected chi connectivity index (χ3v) is 2.88. The van der Waals surface area contributed by atoms with Crippen molar-refractivity contribution < 1.29 is 0 Å². The highest BCUT2D eigenvalue weighted by Crippen LogP contribution is 2.20. The molecule has 0 aliphatic heterocycles. The first kappa shape index (κ1) is 9.98. The number of hydrogen-bond acceptors (Lipinski definition) is 3. The van der Waals surface area contributed by atoms with E-state index in [4.69, 9.17) is 0 Å². The lowest BCUT2D eigenvalue weighted by atomic mass is 10.1. The Bertz CT molecular complexity index is 496. The van der Waals surface area contributed by atoms with Crippen LogP contribution in [0.5, 0.6) is 0 Å². The van der Waals surface area contributed by atoms with Gasteiger partial charge in [-0.3, -0.25) is 4.79 Å². The molecular formula is C11H12N2OS. The van der Waals surface area contributed by atoms with Gasteiger partial charge in [0.25, 0.3) is 0 Å². The van der Waals surface area contributed by atoms with Gasteiger partial charge >= 0.3 is 4.87 Å². The molecule has 0 unspecified atom stereocenters. The number of benzene rings is 1. The van der Waals surface area contributed by atoms with Gasteiger partial charge in [0.15, 0.2) is 0 Å². The van der Waals surface area contributed by atoms with E-state index in [1.54, 1.807) is 0 Å². The Hall–Kier alpha value is -1.55. The van der Waals surface area contributed by atoms with Crippen molar-refractivity contribution >= 4 is 17.0 Å². The molecule has 0 bridgehead atoms. The molecule has 0 fully saturated rings. The fourth-order valence-corrected chi connectivity index (χ4v) is 1.95. The molecule has 3 nitrogen and oxygen atoms in total. The average Bonchev–Trinajstić information content (AvgIpc) is 2.65. The van der Waals surface area contributed by atoms with Crippen LogP contribution in [0.1, 0.15) is 0 Å². The van der Waals surface area contributed by atoms with Gasteiger partial charge in [-0.2, -0.15) is 0 Å². The highest BCUT2D eigenvalue weighted by atomic mass is 32.1. The van der Waals surface area contributed by atoms with E-state index in [-0.39, 0.29) is 4.87 Å². The van der Waals surface area contributed by atoms with Crippen LogP contribution in [-0.2, 0) is 0 Å². The van der Waals surface area contributed by atoms with Crippen LogP contribution in [0.4, 0.5) is 5.69 Å². The molecule has 1 aromatic carbocycles. The van der Waals surface area contributed by atoms with Gasteiger partial charge in [-0.1, -0.05) is 23.5 Å². The van der Waals surface area contributed by atoms with Crippen LogP contribution in [0.3, 0.4) is 0 Å². The fraction of sp³-hybridized carbons (Fsp3) is 0.182. The Balaban J connectivity index is 2.35. The summed E-state index contributed by atoms with van der Waals surface area (Å²) in [6.45, 7) is 0. The third kappa shape index (κ3) is 2.10. The summed E-state index contributed by atoms with van der Waals surface area (Å²) in [6, 6.07) is 8.08. The van der Waals surface area contributed by atoms with Crippen molar-refractivity contribution in [3.63, 3.8) is 0 Å². The van der Waals surface area contributed by atoms with Crippen LogP contribution in [0, 0.1) is 0 Å². The molecule has 78 valence electrons. The van der Waals surface area contributed by atoms with E-state index >= 15 is 0 Å². The van der Waals surface area contributed by atoms with Crippen LogP contribution in [-0.4, -0.2) is 19.1 Å². The van der Waals surface area contributed by atoms with Gasteiger partial charge < -0.3 is 9.88 Å². The molecule has 0 aliphatic rings. The van der Waals surface area contributed by atoms with Gasteiger partial charge in [-0.25, -0.2) is 0 Å². The maximum Gasteiger partial charge on any atom is 0.304 e. The standard InChI is InChI=1S/C11H12N2OS/c1-13(2)9-5-3-8(4-6-9)10-7-15-11(14)12-10/h3-7H,1-2H3,(H,12,14). The second kappa shape index (κ2) is 3.90. The van der Waals surface area contributed by atoms with Gasteiger partial charge in [-0.05, 0) is 17.7 Å². The van der Waals surface area contributed by atoms with Crippen molar-refractivity contribution in [2.45, 2.75) is 0 Å². The molecule has 0 saturated carbocycles. The summed E-state index contributed by atoms with van der Waals surface area (Å²) >= 11 is 1.19. The summed E-state index contributed by atoms with van der Waals surface area (Å²) in [5.74, 6) is 0. The van der Waals surface area contributed by atoms with Gasteiger partial charge in [0.1, 0.15) is 0 Å². The molecule has 4 heteroatoms. The molecule has 0 spiro atoms. The van der Waals surface area contributed by atoms with Crippen LogP contribution >= 0.6 is 11.3 Å². The lowest BCUT2D eigenvalue weighted by molar-refractivity contribution is 1.13. The van der Waals surface area contributed by atoms with Crippen molar-refractivity contribution in [1.82, 2.24) is 4.98 Å². The number of nitrogens with one attached hydrogen (secondary N) is 1. The lowest BCUT2D eigenvalue weighted by Crippen LogP contribution is -2.07. The number of anilines is 1. The van der Waals surface area contributed by atoms with E-state index in [0.29, 0.717) is 0 Å². The Morgan fingerprint density at radius 3 is 2.33 bits per heavy atom. The number of thiazole rings is 1. The van der Waals surface area contributed by atoms with E-state index in [2.05, 4.69) is 4.98 Å². The summed E-state index contributed by atoms with van der Waals surface area (Å²) in [5.41, 5.74) is 3.07. The molecule has 1 N–H and O–H groups in total. The van der Waals surface area contributed by atoms with Crippen LogP contribution in [0.25, 0.3) is 11.3 Å². The maximum atomic E-state index is 11.0. The SMILES string of the molecule is CN(C)c1ccc(-c2csc(=O)[nH]2)cc1. The Kier molecular flexibility index (Phi) is 2.60. The van der Waals surface area contributed by atoms with E-state index < -0.39 is 0 Å². The van der Waals surface area contributed by atoms with Crippen molar-refractivity contribution in [2.75, 3.05) is 19.0 Å². The molecule has 0 radical (unpaired) electrons. The summed E-state index contributed by atoms with van der Waals surface area (Å²) in [7, 11) is 4.00. The molecule has 2 rings (SSSR count). The zero-order valence-electron chi connectivity index (χ0n) is 8.65. The first-order valence-electron chi connectivity index (χ1n) is 4.62. The smallest absolute Gasteiger partial charge is 0.304 e. The number of nitrogens with zero attached hydrogens (tertiary/aromatic N) is 1. The van der Waals surface area contributed by atoms with Crippen LogP contribution in [0.15, 0.2) is 34.4 Å². The van der Waals surface area contributed by atoms with Gasteiger partial charge in [-0.15, -0.1) is 0 Å². The Morgan fingerprint density at radius 1 is 1.20 bits per heavy atom. The highest BCUT2D eigenvalue weighted by Gasteiger charge is 2.01.